The molecule has 0 radical (unpaired) electrons. The lowest BCUT2D eigenvalue weighted by Gasteiger charge is -2.07. The second-order valence-corrected chi connectivity index (χ2v) is 5.81. The highest BCUT2D eigenvalue weighted by Gasteiger charge is 2.19. The first kappa shape index (κ1) is 17.5. The van der Waals surface area contributed by atoms with Gasteiger partial charge in [0.2, 0.25) is 5.88 Å². The third-order valence-corrected chi connectivity index (χ3v) is 4.13. The van der Waals surface area contributed by atoms with Gasteiger partial charge in [-0.25, -0.2) is 19.4 Å². The van der Waals surface area contributed by atoms with Gasteiger partial charge < -0.3 is 19.8 Å². The number of imidazole rings is 1. The summed E-state index contributed by atoms with van der Waals surface area (Å²) in [5.74, 6) is 1.06. The highest BCUT2D eigenvalue weighted by Crippen LogP contribution is 2.29. The summed E-state index contributed by atoms with van der Waals surface area (Å²) in [6.45, 7) is 2.58. The largest absolute Gasteiger partial charge is 0.465 e. The van der Waals surface area contributed by atoms with E-state index in [2.05, 4.69) is 24.9 Å². The number of methoxy groups -OCH3 is 1. The normalized spacial score (nSPS) is 10.9. The van der Waals surface area contributed by atoms with Crippen molar-refractivity contribution in [3.05, 3.63) is 42.1 Å². The van der Waals surface area contributed by atoms with Crippen molar-refractivity contribution in [2.45, 2.75) is 13.5 Å². The second-order valence-electron chi connectivity index (χ2n) is 5.81. The number of aromatic nitrogens is 5. The summed E-state index contributed by atoms with van der Waals surface area (Å²) < 4.78 is 17.1. The van der Waals surface area contributed by atoms with E-state index in [9.17, 15) is 4.79 Å². The predicted octanol–water partition coefficient (Wildman–Crippen LogP) is 2.66. The summed E-state index contributed by atoms with van der Waals surface area (Å²) in [7, 11) is 1.33. The first-order chi connectivity index (χ1) is 13.6. The van der Waals surface area contributed by atoms with Crippen LogP contribution in [0.4, 0.5) is 5.82 Å². The molecule has 1 aromatic carbocycles. The number of anilines is 1. The quantitative estimate of drug-likeness (QED) is 0.519. The fourth-order valence-electron chi connectivity index (χ4n) is 2.84. The number of esters is 1. The van der Waals surface area contributed by atoms with Gasteiger partial charge in [0.25, 0.3) is 0 Å². The van der Waals surface area contributed by atoms with Gasteiger partial charge in [-0.3, -0.25) is 0 Å². The maximum absolute atomic E-state index is 11.7. The number of hydrogen-bond donors (Lipinski definition) is 1. The summed E-state index contributed by atoms with van der Waals surface area (Å²) in [4.78, 5) is 20.5. The van der Waals surface area contributed by atoms with Crippen molar-refractivity contribution in [1.29, 1.82) is 0 Å². The Bertz CT molecular complexity index is 1170. The number of fused-ring (bicyclic) bond motifs is 1. The molecule has 2 N–H and O–H groups in total. The van der Waals surface area contributed by atoms with E-state index in [1.807, 2.05) is 11.5 Å². The van der Waals surface area contributed by atoms with Crippen LogP contribution in [-0.2, 0) is 11.3 Å². The van der Waals surface area contributed by atoms with Crippen molar-refractivity contribution in [2.75, 3.05) is 12.8 Å². The van der Waals surface area contributed by atoms with Gasteiger partial charge in [0.1, 0.15) is 11.3 Å². The molecule has 4 aromatic rings. The van der Waals surface area contributed by atoms with E-state index in [1.165, 1.54) is 7.11 Å². The molecule has 28 heavy (non-hydrogen) atoms. The Labute approximate surface area is 158 Å². The predicted molar refractivity (Wildman–Crippen MR) is 98.8 cm³/mol. The molecule has 0 saturated heterocycles. The first-order valence-electron chi connectivity index (χ1n) is 8.41. The third-order valence-electron chi connectivity index (χ3n) is 4.13. The van der Waals surface area contributed by atoms with Crippen LogP contribution in [0.5, 0.6) is 11.6 Å². The minimum Gasteiger partial charge on any atom is -0.465 e. The van der Waals surface area contributed by atoms with Gasteiger partial charge in [-0.2, -0.15) is 0 Å². The lowest BCUT2D eigenvalue weighted by Crippen LogP contribution is -2.01. The van der Waals surface area contributed by atoms with Crippen molar-refractivity contribution in [3.63, 3.8) is 0 Å². The Kier molecular flexibility index (Phi) is 4.36. The minimum absolute atomic E-state index is 0.161. The number of rotatable bonds is 5. The Hall–Kier alpha value is -3.95. The van der Waals surface area contributed by atoms with E-state index in [0.29, 0.717) is 40.8 Å². The van der Waals surface area contributed by atoms with E-state index < -0.39 is 5.97 Å². The van der Waals surface area contributed by atoms with Crippen molar-refractivity contribution >= 4 is 22.8 Å². The van der Waals surface area contributed by atoms with Gasteiger partial charge >= 0.3 is 5.97 Å². The van der Waals surface area contributed by atoms with E-state index in [0.717, 1.165) is 5.52 Å². The molecule has 0 fully saturated rings. The van der Waals surface area contributed by atoms with Gasteiger partial charge in [0, 0.05) is 12.6 Å². The SMILES string of the molecule is CCn1c(-c2nonc2N)nc2cnc(Oc3cccc(C(=O)OC)c3)cc21. The number of nitrogens with two attached hydrogens (primary N) is 1. The van der Waals surface area contributed by atoms with Crippen LogP contribution < -0.4 is 10.5 Å². The second kappa shape index (κ2) is 6.99. The molecule has 0 saturated carbocycles. The average Bonchev–Trinajstić information content (AvgIpc) is 3.29. The van der Waals surface area contributed by atoms with E-state index in [-0.39, 0.29) is 5.82 Å². The molecule has 0 bridgehead atoms. The number of benzene rings is 1. The Morgan fingerprint density at radius 3 is 2.86 bits per heavy atom. The van der Waals surface area contributed by atoms with Crippen LogP contribution in [0.15, 0.2) is 41.2 Å². The van der Waals surface area contributed by atoms with Crippen LogP contribution in [-0.4, -0.2) is 37.9 Å². The van der Waals surface area contributed by atoms with E-state index in [4.69, 9.17) is 15.2 Å². The molecule has 10 nitrogen and oxygen atoms in total. The molecular formula is C18H16N6O4. The molecule has 0 aliphatic rings. The monoisotopic (exact) mass is 380 g/mol. The Balaban J connectivity index is 1.72. The summed E-state index contributed by atoms with van der Waals surface area (Å²) in [6.07, 6.45) is 1.59. The topological polar surface area (TPSA) is 131 Å². The number of nitrogen functional groups attached to an aromatic ring is 1. The zero-order valence-electron chi connectivity index (χ0n) is 15.1. The minimum atomic E-state index is -0.443. The molecule has 0 aliphatic heterocycles. The highest BCUT2D eigenvalue weighted by molar-refractivity contribution is 5.89. The number of carbonyl (C=O) groups excluding carboxylic acids is 1. The molecule has 0 atom stereocenters. The Morgan fingerprint density at radius 2 is 2.14 bits per heavy atom. The smallest absolute Gasteiger partial charge is 0.337 e. The molecule has 0 amide bonds. The lowest BCUT2D eigenvalue weighted by atomic mass is 10.2. The molecule has 0 aliphatic carbocycles. The maximum Gasteiger partial charge on any atom is 0.337 e. The summed E-state index contributed by atoms with van der Waals surface area (Å²) >= 11 is 0. The lowest BCUT2D eigenvalue weighted by molar-refractivity contribution is 0.0600. The van der Waals surface area contributed by atoms with Crippen LogP contribution in [0, 0.1) is 0 Å². The third kappa shape index (κ3) is 3.00. The number of nitrogens with zero attached hydrogens (tertiary/aromatic N) is 5. The highest BCUT2D eigenvalue weighted by atomic mass is 16.6. The first-order valence-corrected chi connectivity index (χ1v) is 8.41. The Morgan fingerprint density at radius 1 is 1.29 bits per heavy atom. The van der Waals surface area contributed by atoms with Crippen LogP contribution in [0.3, 0.4) is 0 Å². The number of aryl methyl sites for hydroxylation is 1. The molecule has 10 heteroatoms. The average molecular weight is 380 g/mol. The fraction of sp³-hybridized carbons (Fsp3) is 0.167. The van der Waals surface area contributed by atoms with Crippen molar-refractivity contribution in [2.24, 2.45) is 0 Å². The molecule has 0 spiro atoms. The van der Waals surface area contributed by atoms with Crippen LogP contribution in [0.25, 0.3) is 22.6 Å². The van der Waals surface area contributed by atoms with Gasteiger partial charge in [-0.05, 0) is 35.4 Å². The molecule has 4 rings (SSSR count). The van der Waals surface area contributed by atoms with Gasteiger partial charge in [-0.1, -0.05) is 6.07 Å². The number of ether oxygens (including phenoxy) is 2. The maximum atomic E-state index is 11.7. The summed E-state index contributed by atoms with van der Waals surface area (Å²) in [5, 5.41) is 7.43. The number of hydrogen-bond acceptors (Lipinski definition) is 9. The zero-order valence-corrected chi connectivity index (χ0v) is 15.1. The molecular weight excluding hydrogens is 364 g/mol. The number of carbonyl (C=O) groups is 1. The van der Waals surface area contributed by atoms with Crippen molar-refractivity contribution in [3.8, 4) is 23.1 Å². The number of pyridine rings is 1. The van der Waals surface area contributed by atoms with Crippen LogP contribution in [0.2, 0.25) is 0 Å². The van der Waals surface area contributed by atoms with Crippen LogP contribution in [0.1, 0.15) is 17.3 Å². The molecule has 3 heterocycles. The summed E-state index contributed by atoms with van der Waals surface area (Å²) in [5.41, 5.74) is 7.99. The fourth-order valence-corrected chi connectivity index (χ4v) is 2.84. The molecule has 142 valence electrons. The zero-order chi connectivity index (χ0) is 19.7. The molecule has 3 aromatic heterocycles. The summed E-state index contributed by atoms with van der Waals surface area (Å²) in [6, 6.07) is 8.41. The van der Waals surface area contributed by atoms with E-state index in [1.54, 1.807) is 36.5 Å². The standard InChI is InChI=1S/C18H16N6O4/c1-3-24-13-8-14(27-11-6-4-5-10(7-11)18(25)26-2)20-9-12(13)21-17(24)15-16(19)23-28-22-15/h4-9H,3H2,1-2H3,(H2,19,23). The van der Waals surface area contributed by atoms with Gasteiger partial charge in [0.15, 0.2) is 17.3 Å². The van der Waals surface area contributed by atoms with Crippen molar-refractivity contribution < 1.29 is 18.9 Å². The van der Waals surface area contributed by atoms with Crippen LogP contribution >= 0.6 is 0 Å². The molecule has 0 unspecified atom stereocenters. The van der Waals surface area contributed by atoms with Crippen molar-refractivity contribution in [1.82, 2.24) is 24.8 Å². The van der Waals surface area contributed by atoms with Gasteiger partial charge in [0.05, 0.1) is 24.4 Å². The van der Waals surface area contributed by atoms with E-state index >= 15 is 0 Å². The van der Waals surface area contributed by atoms with Gasteiger partial charge in [-0.15, -0.1) is 0 Å².